The maximum Gasteiger partial charge on any atom is 0.335 e. The number of hydrogen-bond acceptors (Lipinski definition) is 11. The Kier molecular flexibility index (Phi) is 16.1. The number of aliphatic hydroxyl groups excluding tert-OH is 4. The van der Waals surface area contributed by atoms with Crippen LogP contribution in [0.5, 0.6) is 0 Å². The van der Waals surface area contributed by atoms with E-state index in [-0.39, 0.29) is 29.9 Å². The number of unbranched alkanes of at least 4 members (excludes halogenated alkanes) is 1. The van der Waals surface area contributed by atoms with E-state index in [9.17, 15) is 45.0 Å². The molecule has 1 saturated heterocycles. The van der Waals surface area contributed by atoms with Crippen LogP contribution in [-0.4, -0.2) is 128 Å². The number of nitrogens with zero attached hydrogens (tertiary/aromatic N) is 2. The predicted octanol–water partition coefficient (Wildman–Crippen LogP) is 10.6. The SMILES string of the molecule is Cc1cc(C(=O)O)cc(-c2c3nc(c(-c4cc(C)cc(C(=O)CCCCOC5O[C@H](CO)[C@@H](O)[C@H](O)[C@H]5O)c4)c4ccc([nH]4)c(-c4cccc([Si](C)(C)C)c4)c4nc(c(-c5cc(C(=O)O)cc([Si](C)(C)C)c5)c5ccc2[nH]5)C=C4)C=C3)c1. The molecule has 5 atom stereocenters. The number of hydrogen-bond donors (Lipinski definition) is 8. The largest absolute Gasteiger partial charge is 0.478 e. The molecular weight excluding hydrogens is 1070 g/mol. The van der Waals surface area contributed by atoms with Crippen LogP contribution in [0.15, 0.2) is 103 Å². The fourth-order valence-corrected chi connectivity index (χ4v) is 13.3. The molecule has 17 heteroatoms. The highest BCUT2D eigenvalue weighted by atomic mass is 28.3. The van der Waals surface area contributed by atoms with Gasteiger partial charge in [-0.3, -0.25) is 4.79 Å². The first-order valence-electron chi connectivity index (χ1n) is 27.5. The Bertz CT molecular complexity index is 3940. The molecule has 8 N–H and O–H groups in total. The van der Waals surface area contributed by atoms with Crippen LogP contribution < -0.4 is 10.4 Å². The highest BCUT2D eigenvalue weighted by Crippen LogP contribution is 2.40. The van der Waals surface area contributed by atoms with Crippen LogP contribution >= 0.6 is 0 Å². The minimum atomic E-state index is -2.10. The van der Waals surface area contributed by atoms with Crippen molar-refractivity contribution in [1.82, 2.24) is 19.9 Å². The van der Waals surface area contributed by atoms with Crippen LogP contribution in [0.25, 0.3) is 90.9 Å². The number of Topliss-reactive ketones (excluding diaryl/α,β-unsaturated/α-hetero) is 1. The molecule has 6 heterocycles. The Morgan fingerprint density at radius 1 is 0.537 bits per heavy atom. The molecule has 0 spiro atoms. The number of aryl methyl sites for hydroxylation is 2. The van der Waals surface area contributed by atoms with Gasteiger partial charge in [0, 0.05) is 62.9 Å². The Labute approximate surface area is 477 Å². The van der Waals surface area contributed by atoms with Gasteiger partial charge in [-0.15, -0.1) is 0 Å². The Balaban J connectivity index is 1.20. The summed E-state index contributed by atoms with van der Waals surface area (Å²) in [5.74, 6) is -2.23. The Morgan fingerprint density at radius 3 is 1.48 bits per heavy atom. The van der Waals surface area contributed by atoms with Crippen LogP contribution in [0.4, 0.5) is 0 Å². The summed E-state index contributed by atoms with van der Waals surface area (Å²) in [7, 11) is -3.94. The zero-order chi connectivity index (χ0) is 58.5. The number of ketones is 1. The summed E-state index contributed by atoms with van der Waals surface area (Å²) in [4.78, 5) is 58.3. The Morgan fingerprint density at radius 2 is 0.988 bits per heavy atom. The molecule has 3 aliphatic rings. The molecule has 10 rings (SSSR count). The maximum atomic E-state index is 14.2. The van der Waals surface area contributed by atoms with Crippen LogP contribution in [0, 0.1) is 13.8 Å². The second-order valence-electron chi connectivity index (χ2n) is 23.6. The number of carbonyl (C=O) groups excluding carboxylic acids is 1. The van der Waals surface area contributed by atoms with Gasteiger partial charge in [0.05, 0.1) is 56.7 Å². The molecular formula is C65H68N4O11Si2. The van der Waals surface area contributed by atoms with Gasteiger partial charge in [0.1, 0.15) is 24.4 Å². The van der Waals surface area contributed by atoms with Gasteiger partial charge in [-0.2, -0.15) is 0 Å². The average molecular weight is 1140 g/mol. The normalized spacial score (nSPS) is 18.0. The van der Waals surface area contributed by atoms with Crippen molar-refractivity contribution in [3.63, 3.8) is 0 Å². The van der Waals surface area contributed by atoms with E-state index in [0.29, 0.717) is 85.5 Å². The molecule has 422 valence electrons. The first kappa shape index (κ1) is 57.5. The molecule has 3 aromatic heterocycles. The van der Waals surface area contributed by atoms with Gasteiger partial charge in [0.25, 0.3) is 0 Å². The van der Waals surface area contributed by atoms with E-state index in [4.69, 9.17) is 19.4 Å². The minimum absolute atomic E-state index is 0.0821. The van der Waals surface area contributed by atoms with Gasteiger partial charge < -0.3 is 50.1 Å². The van der Waals surface area contributed by atoms with E-state index in [0.717, 1.165) is 38.5 Å². The van der Waals surface area contributed by atoms with E-state index in [2.05, 4.69) is 79.6 Å². The molecule has 0 aliphatic carbocycles. The van der Waals surface area contributed by atoms with Crippen molar-refractivity contribution in [2.75, 3.05) is 13.2 Å². The summed E-state index contributed by atoms with van der Waals surface area (Å²) >= 11 is 0. The number of carboxylic acids is 2. The second kappa shape index (κ2) is 22.9. The lowest BCUT2D eigenvalue weighted by molar-refractivity contribution is -0.301. The van der Waals surface area contributed by atoms with Gasteiger partial charge in [-0.25, -0.2) is 19.6 Å². The number of benzene rings is 4. The van der Waals surface area contributed by atoms with Crippen molar-refractivity contribution >= 4 is 90.6 Å². The molecule has 82 heavy (non-hydrogen) atoms. The fourth-order valence-electron chi connectivity index (χ4n) is 11.0. The zero-order valence-electron chi connectivity index (χ0n) is 47.2. The number of carbonyl (C=O) groups is 3. The van der Waals surface area contributed by atoms with Gasteiger partial charge in [-0.05, 0) is 145 Å². The molecule has 1 fully saturated rings. The van der Waals surface area contributed by atoms with Crippen molar-refractivity contribution in [3.8, 4) is 44.5 Å². The number of nitrogens with one attached hydrogen (secondary N) is 2. The van der Waals surface area contributed by atoms with E-state index in [1.807, 2.05) is 86.7 Å². The van der Waals surface area contributed by atoms with E-state index >= 15 is 0 Å². The molecule has 0 radical (unpaired) electrons. The summed E-state index contributed by atoms with van der Waals surface area (Å²) in [6, 6.07) is 33.1. The van der Waals surface area contributed by atoms with E-state index < -0.39 is 65.4 Å². The van der Waals surface area contributed by atoms with Crippen molar-refractivity contribution in [1.29, 1.82) is 0 Å². The number of aromatic nitrogens is 4. The number of aromatic amines is 2. The Hall–Kier alpha value is -7.72. The molecule has 3 aliphatic heterocycles. The molecule has 0 amide bonds. The quantitative estimate of drug-likeness (QED) is 0.0255. The lowest BCUT2D eigenvalue weighted by Crippen LogP contribution is -2.59. The van der Waals surface area contributed by atoms with Crippen LogP contribution in [-0.2, 0) is 9.47 Å². The van der Waals surface area contributed by atoms with Gasteiger partial charge >= 0.3 is 11.9 Å². The fraction of sp³-hybridized carbons (Fsp3) is 0.277. The van der Waals surface area contributed by atoms with Crippen LogP contribution in [0.1, 0.15) is 84.2 Å². The number of H-pyrrole nitrogens is 2. The number of aromatic carboxylic acids is 2. The van der Waals surface area contributed by atoms with Gasteiger partial charge in [0.2, 0.25) is 0 Å². The number of aliphatic hydroxyl groups is 4. The van der Waals surface area contributed by atoms with E-state index in [1.165, 1.54) is 5.19 Å². The van der Waals surface area contributed by atoms with Crippen molar-refractivity contribution < 1.29 is 54.5 Å². The minimum Gasteiger partial charge on any atom is -0.478 e. The van der Waals surface area contributed by atoms with E-state index in [1.54, 1.807) is 24.3 Å². The third-order valence-corrected chi connectivity index (χ3v) is 19.4. The zero-order valence-corrected chi connectivity index (χ0v) is 49.2. The first-order chi connectivity index (χ1) is 38.9. The topological polar surface area (TPSA) is 248 Å². The molecule has 4 aromatic carbocycles. The van der Waals surface area contributed by atoms with Crippen molar-refractivity contribution in [2.45, 2.75) is 103 Å². The molecule has 1 unspecified atom stereocenters. The third kappa shape index (κ3) is 11.8. The van der Waals surface area contributed by atoms with Gasteiger partial charge in [0.15, 0.2) is 12.1 Å². The summed E-state index contributed by atoms with van der Waals surface area (Å²) in [6.45, 7) is 16.8. The number of rotatable bonds is 16. The third-order valence-electron chi connectivity index (χ3n) is 15.3. The lowest BCUT2D eigenvalue weighted by Gasteiger charge is -2.39. The number of ether oxygens (including phenoxy) is 2. The maximum absolute atomic E-state index is 14.2. The highest BCUT2D eigenvalue weighted by molar-refractivity contribution is 6.89. The average Bonchev–Trinajstić information content (AvgIpc) is 4.45. The number of fused-ring (bicyclic) bond motifs is 8. The molecule has 8 bridgehead atoms. The molecule has 7 aromatic rings. The van der Waals surface area contributed by atoms with Crippen molar-refractivity contribution in [2.24, 2.45) is 0 Å². The summed E-state index contributed by atoms with van der Waals surface area (Å²) < 4.78 is 11.2. The van der Waals surface area contributed by atoms with Crippen LogP contribution in [0.2, 0.25) is 39.3 Å². The molecule has 0 saturated carbocycles. The number of carboxylic acid groups (broad SMARTS) is 2. The lowest BCUT2D eigenvalue weighted by atomic mass is 9.96. The summed E-state index contributed by atoms with van der Waals surface area (Å²) in [6.07, 6.45) is 1.86. The molecule has 15 nitrogen and oxygen atoms in total. The van der Waals surface area contributed by atoms with Crippen molar-refractivity contribution in [3.05, 3.63) is 154 Å². The predicted molar refractivity (Wildman–Crippen MR) is 328 cm³/mol. The van der Waals surface area contributed by atoms with Crippen LogP contribution in [0.3, 0.4) is 0 Å². The van der Waals surface area contributed by atoms with Gasteiger partial charge in [-0.1, -0.05) is 92.1 Å². The smallest absolute Gasteiger partial charge is 0.335 e. The monoisotopic (exact) mass is 1140 g/mol. The standard InChI is InChI=1S/C65H68N4O11Si2/c1-35-24-38(54(71)14-9-10-23-79-65-62(74)61(73)60(72)55(34-70)80-65)28-39(25-35)57-48-17-15-46(66-48)56(37-12-11-13-44(31-37)81(3,4)5)47-16-18-52(67-47)59(41-30-43(64(77)78)33-45(32-41)82(6,7)8)53-22-21-51(69-53)58(50-20-19-49(57)68-50)40-26-36(2)27-42(29-40)63(75)76/h11-13,15-22,24-33,55,60-62,65-66,69-70,72-74H,9-10,14,23,34H2,1-8H3,(H,75,76)(H,77,78)/t55-,60-,61+,62-,65?/m1/s1. The summed E-state index contributed by atoms with van der Waals surface area (Å²) in [5, 5.41) is 63.6. The highest BCUT2D eigenvalue weighted by Gasteiger charge is 2.44. The second-order valence-corrected chi connectivity index (χ2v) is 33.8. The summed E-state index contributed by atoms with van der Waals surface area (Å²) in [5.41, 5.74) is 13.3. The first-order valence-corrected chi connectivity index (χ1v) is 34.5.